The second-order valence-electron chi connectivity index (χ2n) is 4.75. The Kier molecular flexibility index (Phi) is 3.10. The number of halogens is 1. The maximum Gasteiger partial charge on any atom is 0.0995 e. The number of nitrogens with zero attached hydrogens (tertiary/aromatic N) is 2. The van der Waals surface area contributed by atoms with Crippen LogP contribution in [0.3, 0.4) is 0 Å². The minimum Gasteiger partial charge on any atom is -0.309 e. The van der Waals surface area contributed by atoms with Crippen LogP contribution in [0.25, 0.3) is 5.69 Å². The van der Waals surface area contributed by atoms with Crippen molar-refractivity contribution in [3.05, 3.63) is 47.0 Å². The van der Waals surface area contributed by atoms with Gasteiger partial charge in [0.2, 0.25) is 0 Å². The zero-order chi connectivity index (χ0) is 12.5. The van der Waals surface area contributed by atoms with Gasteiger partial charge in [0, 0.05) is 6.04 Å². The van der Waals surface area contributed by atoms with Crippen LogP contribution in [0.15, 0.2) is 30.7 Å². The van der Waals surface area contributed by atoms with E-state index in [0.29, 0.717) is 6.04 Å². The van der Waals surface area contributed by atoms with Gasteiger partial charge in [0.05, 0.1) is 28.9 Å². The Morgan fingerprint density at radius 2 is 2.33 bits per heavy atom. The molecular weight excluding hydrogens is 246 g/mol. The molecule has 1 aliphatic heterocycles. The van der Waals surface area contributed by atoms with Crippen LogP contribution in [0.5, 0.6) is 0 Å². The summed E-state index contributed by atoms with van der Waals surface area (Å²) in [5.74, 6) is 0. The largest absolute Gasteiger partial charge is 0.309 e. The summed E-state index contributed by atoms with van der Waals surface area (Å²) in [6.07, 6.45) is 6.16. The molecule has 0 unspecified atom stereocenters. The van der Waals surface area contributed by atoms with E-state index in [2.05, 4.69) is 14.9 Å². The molecule has 1 atom stereocenters. The van der Waals surface area contributed by atoms with Crippen LogP contribution in [-0.2, 0) is 0 Å². The fourth-order valence-electron chi connectivity index (χ4n) is 2.52. The van der Waals surface area contributed by atoms with Gasteiger partial charge in [0.25, 0.3) is 0 Å². The maximum atomic E-state index is 6.39. The lowest BCUT2D eigenvalue weighted by Crippen LogP contribution is -2.16. The number of aryl methyl sites for hydroxylation is 1. The van der Waals surface area contributed by atoms with Crippen LogP contribution < -0.4 is 5.32 Å². The summed E-state index contributed by atoms with van der Waals surface area (Å²) < 4.78 is 2.10. The summed E-state index contributed by atoms with van der Waals surface area (Å²) in [6.45, 7) is 3.10. The van der Waals surface area contributed by atoms with E-state index in [1.807, 2.05) is 37.6 Å². The van der Waals surface area contributed by atoms with Crippen LogP contribution in [0.2, 0.25) is 5.02 Å². The Bertz CT molecular complexity index is 556. The molecule has 1 saturated heterocycles. The van der Waals surface area contributed by atoms with Gasteiger partial charge in [-0.15, -0.1) is 0 Å². The first kappa shape index (κ1) is 11.8. The highest BCUT2D eigenvalue weighted by Crippen LogP contribution is 2.29. The first-order chi connectivity index (χ1) is 8.77. The topological polar surface area (TPSA) is 29.9 Å². The van der Waals surface area contributed by atoms with Gasteiger partial charge in [-0.3, -0.25) is 0 Å². The molecule has 2 heterocycles. The van der Waals surface area contributed by atoms with Gasteiger partial charge in [0.1, 0.15) is 0 Å². The summed E-state index contributed by atoms with van der Waals surface area (Å²) in [5, 5.41) is 4.30. The molecule has 0 spiro atoms. The Morgan fingerprint density at radius 1 is 1.44 bits per heavy atom. The zero-order valence-electron chi connectivity index (χ0n) is 10.4. The highest BCUT2D eigenvalue weighted by atomic mass is 35.5. The highest BCUT2D eigenvalue weighted by Gasteiger charge is 2.21. The Hall–Kier alpha value is -1.32. The molecule has 0 bridgehead atoms. The quantitative estimate of drug-likeness (QED) is 0.899. The number of hydrogen-bond donors (Lipinski definition) is 1. The van der Waals surface area contributed by atoms with E-state index < -0.39 is 0 Å². The fraction of sp³-hybridized carbons (Fsp3) is 0.357. The molecule has 4 heteroatoms. The second kappa shape index (κ2) is 4.75. The summed E-state index contributed by atoms with van der Waals surface area (Å²) >= 11 is 6.39. The fourth-order valence-corrected chi connectivity index (χ4v) is 2.74. The van der Waals surface area contributed by atoms with Gasteiger partial charge in [-0.2, -0.15) is 0 Å². The lowest BCUT2D eigenvalue weighted by Gasteiger charge is -2.15. The molecule has 0 saturated carbocycles. The molecule has 0 radical (unpaired) electrons. The molecule has 18 heavy (non-hydrogen) atoms. The SMILES string of the molecule is Cc1cccc(-n2cncc2[C@@H]2CCCN2)c1Cl. The monoisotopic (exact) mass is 261 g/mol. The van der Waals surface area contributed by atoms with Crippen molar-refractivity contribution in [2.75, 3.05) is 6.54 Å². The van der Waals surface area contributed by atoms with Crippen LogP contribution >= 0.6 is 11.6 Å². The van der Waals surface area contributed by atoms with Crippen molar-refractivity contribution in [3.8, 4) is 5.69 Å². The van der Waals surface area contributed by atoms with Crippen LogP contribution in [0.1, 0.15) is 30.1 Å². The molecule has 0 amide bonds. The lowest BCUT2D eigenvalue weighted by molar-refractivity contribution is 0.615. The Morgan fingerprint density at radius 3 is 3.11 bits per heavy atom. The van der Waals surface area contributed by atoms with E-state index in [1.54, 1.807) is 0 Å². The molecule has 1 N–H and O–H groups in total. The van der Waals surface area contributed by atoms with E-state index in [1.165, 1.54) is 12.1 Å². The molecule has 1 aromatic heterocycles. The number of nitrogens with one attached hydrogen (secondary N) is 1. The molecular formula is C14H16ClN3. The third kappa shape index (κ3) is 1.93. The predicted molar refractivity (Wildman–Crippen MR) is 73.3 cm³/mol. The van der Waals surface area contributed by atoms with Gasteiger partial charge >= 0.3 is 0 Å². The lowest BCUT2D eigenvalue weighted by atomic mass is 10.1. The van der Waals surface area contributed by atoms with Gasteiger partial charge in [0.15, 0.2) is 0 Å². The number of imidazole rings is 1. The van der Waals surface area contributed by atoms with E-state index in [-0.39, 0.29) is 0 Å². The van der Waals surface area contributed by atoms with E-state index in [9.17, 15) is 0 Å². The summed E-state index contributed by atoms with van der Waals surface area (Å²) in [4.78, 5) is 4.28. The average molecular weight is 262 g/mol. The van der Waals surface area contributed by atoms with Crippen molar-refractivity contribution in [1.29, 1.82) is 0 Å². The molecule has 2 aromatic rings. The first-order valence-electron chi connectivity index (χ1n) is 6.28. The van der Waals surface area contributed by atoms with Crippen molar-refractivity contribution in [2.24, 2.45) is 0 Å². The van der Waals surface area contributed by atoms with Crippen molar-refractivity contribution in [1.82, 2.24) is 14.9 Å². The molecule has 1 fully saturated rings. The Balaban J connectivity index is 2.06. The number of rotatable bonds is 2. The van der Waals surface area contributed by atoms with Crippen molar-refractivity contribution >= 4 is 11.6 Å². The van der Waals surface area contributed by atoms with Crippen molar-refractivity contribution in [2.45, 2.75) is 25.8 Å². The van der Waals surface area contributed by atoms with Gasteiger partial charge < -0.3 is 9.88 Å². The number of aromatic nitrogens is 2. The summed E-state index contributed by atoms with van der Waals surface area (Å²) in [6, 6.07) is 6.48. The van der Waals surface area contributed by atoms with Gasteiger partial charge in [-0.05, 0) is 37.9 Å². The Labute approximate surface area is 112 Å². The highest BCUT2D eigenvalue weighted by molar-refractivity contribution is 6.33. The van der Waals surface area contributed by atoms with Gasteiger partial charge in [-0.1, -0.05) is 23.7 Å². The summed E-state index contributed by atoms with van der Waals surface area (Å²) in [5.41, 5.74) is 3.30. The van der Waals surface area contributed by atoms with Crippen LogP contribution in [-0.4, -0.2) is 16.1 Å². The molecule has 3 nitrogen and oxygen atoms in total. The third-order valence-electron chi connectivity index (χ3n) is 3.52. The van der Waals surface area contributed by atoms with E-state index in [0.717, 1.165) is 29.2 Å². The smallest absolute Gasteiger partial charge is 0.0995 e. The van der Waals surface area contributed by atoms with Crippen LogP contribution in [0, 0.1) is 6.92 Å². The molecule has 0 aliphatic carbocycles. The first-order valence-corrected chi connectivity index (χ1v) is 6.66. The van der Waals surface area contributed by atoms with Gasteiger partial charge in [-0.25, -0.2) is 4.98 Å². The normalized spacial score (nSPS) is 19.3. The number of benzene rings is 1. The van der Waals surface area contributed by atoms with E-state index in [4.69, 9.17) is 11.6 Å². The number of hydrogen-bond acceptors (Lipinski definition) is 2. The average Bonchev–Trinajstić information content (AvgIpc) is 3.01. The minimum absolute atomic E-state index is 0.393. The van der Waals surface area contributed by atoms with Crippen LogP contribution in [0.4, 0.5) is 0 Å². The van der Waals surface area contributed by atoms with Crippen molar-refractivity contribution < 1.29 is 0 Å². The van der Waals surface area contributed by atoms with Crippen molar-refractivity contribution in [3.63, 3.8) is 0 Å². The molecule has 1 aliphatic rings. The second-order valence-corrected chi connectivity index (χ2v) is 5.12. The summed E-state index contributed by atoms with van der Waals surface area (Å²) in [7, 11) is 0. The minimum atomic E-state index is 0.393. The van der Waals surface area contributed by atoms with E-state index >= 15 is 0 Å². The molecule has 1 aromatic carbocycles. The zero-order valence-corrected chi connectivity index (χ0v) is 11.1. The third-order valence-corrected chi connectivity index (χ3v) is 4.01. The standard InChI is InChI=1S/C14H16ClN3/c1-10-4-2-6-12(14(10)15)18-9-16-8-13(18)11-5-3-7-17-11/h2,4,6,8-9,11,17H,3,5,7H2,1H3/t11-/m0/s1. The predicted octanol–water partition coefficient (Wildman–Crippen LogP) is 3.26. The molecule has 3 rings (SSSR count). The molecule has 94 valence electrons. The maximum absolute atomic E-state index is 6.39.